The van der Waals surface area contributed by atoms with Crippen LogP contribution >= 0.6 is 24.8 Å². The van der Waals surface area contributed by atoms with Gasteiger partial charge in [-0.25, -0.2) is 4.39 Å². The number of halogens is 3. The van der Waals surface area contributed by atoms with Crippen LogP contribution in [0.2, 0.25) is 0 Å². The number of nitrogens with two attached hydrogens (primary N) is 1. The second kappa shape index (κ2) is 6.55. The fourth-order valence-corrected chi connectivity index (χ4v) is 3.88. The summed E-state index contributed by atoms with van der Waals surface area (Å²) in [6.07, 6.45) is 1.54. The molecule has 4 rings (SSSR count). The molecule has 0 unspecified atom stereocenters. The van der Waals surface area contributed by atoms with Crippen LogP contribution in [0.4, 0.5) is 4.39 Å². The molecule has 0 bridgehead atoms. The molecule has 2 saturated heterocycles. The molecule has 23 heavy (non-hydrogen) atoms. The summed E-state index contributed by atoms with van der Waals surface area (Å²) in [5.41, 5.74) is 6.35. The zero-order valence-corrected chi connectivity index (χ0v) is 14.3. The van der Waals surface area contributed by atoms with Crippen molar-refractivity contribution >= 4 is 30.7 Å². The van der Waals surface area contributed by atoms with E-state index in [-0.39, 0.29) is 42.6 Å². The standard InChI is InChI=1S/C16H20FN3O.2ClH/c17-12-3-1-2-10(6-12)14-13-8-19-7-11(13)9-20(14)15(21)16(18)4-5-16;;/h1-3,6,11,13-14,19H,4-5,7-9,18H2;2*1H/t11-,13-,14+;;/m0../s1. The van der Waals surface area contributed by atoms with E-state index in [1.807, 2.05) is 11.0 Å². The van der Waals surface area contributed by atoms with Crippen LogP contribution in [-0.4, -0.2) is 36.0 Å². The van der Waals surface area contributed by atoms with Crippen LogP contribution in [0.1, 0.15) is 24.4 Å². The first-order chi connectivity index (χ1) is 10.1. The van der Waals surface area contributed by atoms with Gasteiger partial charge in [-0.2, -0.15) is 0 Å². The highest BCUT2D eigenvalue weighted by Gasteiger charge is 2.54. The van der Waals surface area contributed by atoms with Gasteiger partial charge in [-0.3, -0.25) is 4.79 Å². The Balaban J connectivity index is 0.000000960. The lowest BCUT2D eigenvalue weighted by molar-refractivity contribution is -0.135. The van der Waals surface area contributed by atoms with Crippen LogP contribution in [0.15, 0.2) is 24.3 Å². The summed E-state index contributed by atoms with van der Waals surface area (Å²) < 4.78 is 13.6. The highest BCUT2D eigenvalue weighted by molar-refractivity contribution is 5.89. The molecule has 1 aromatic carbocycles. The van der Waals surface area contributed by atoms with E-state index in [2.05, 4.69) is 5.32 Å². The van der Waals surface area contributed by atoms with Gasteiger partial charge in [0, 0.05) is 25.6 Å². The number of hydrogen-bond acceptors (Lipinski definition) is 3. The second-order valence-electron chi connectivity index (χ2n) is 6.70. The number of carbonyl (C=O) groups is 1. The number of carbonyl (C=O) groups excluding carboxylic acids is 1. The Morgan fingerprint density at radius 1 is 1.30 bits per heavy atom. The Morgan fingerprint density at radius 2 is 2.04 bits per heavy atom. The fraction of sp³-hybridized carbons (Fsp3) is 0.562. The van der Waals surface area contributed by atoms with Crippen molar-refractivity contribution in [2.75, 3.05) is 19.6 Å². The summed E-state index contributed by atoms with van der Waals surface area (Å²) >= 11 is 0. The third-order valence-electron chi connectivity index (χ3n) is 5.23. The molecule has 1 amide bonds. The first-order valence-corrected chi connectivity index (χ1v) is 7.65. The van der Waals surface area contributed by atoms with E-state index < -0.39 is 5.54 Å². The molecule has 3 N–H and O–H groups in total. The first-order valence-electron chi connectivity index (χ1n) is 7.65. The number of fused-ring (bicyclic) bond motifs is 1. The zero-order chi connectivity index (χ0) is 14.6. The van der Waals surface area contributed by atoms with Crippen molar-refractivity contribution in [1.29, 1.82) is 0 Å². The van der Waals surface area contributed by atoms with Gasteiger partial charge >= 0.3 is 0 Å². The van der Waals surface area contributed by atoms with E-state index in [0.29, 0.717) is 11.8 Å². The van der Waals surface area contributed by atoms with Crippen LogP contribution in [0.25, 0.3) is 0 Å². The molecule has 3 fully saturated rings. The molecule has 0 radical (unpaired) electrons. The van der Waals surface area contributed by atoms with Crippen molar-refractivity contribution in [3.63, 3.8) is 0 Å². The second-order valence-corrected chi connectivity index (χ2v) is 6.70. The maximum Gasteiger partial charge on any atom is 0.243 e. The van der Waals surface area contributed by atoms with Gasteiger partial charge in [0.2, 0.25) is 5.91 Å². The normalized spacial score (nSPS) is 30.2. The van der Waals surface area contributed by atoms with E-state index in [9.17, 15) is 9.18 Å². The van der Waals surface area contributed by atoms with Crippen LogP contribution in [0.3, 0.4) is 0 Å². The average Bonchev–Trinajstić information content (AvgIpc) is 2.92. The van der Waals surface area contributed by atoms with Crippen molar-refractivity contribution in [3.05, 3.63) is 35.6 Å². The molecule has 128 valence electrons. The quantitative estimate of drug-likeness (QED) is 0.845. The van der Waals surface area contributed by atoms with Crippen molar-refractivity contribution in [2.24, 2.45) is 17.6 Å². The van der Waals surface area contributed by atoms with Crippen molar-refractivity contribution < 1.29 is 9.18 Å². The minimum absolute atomic E-state index is 0. The van der Waals surface area contributed by atoms with Gasteiger partial charge in [0.25, 0.3) is 0 Å². The number of nitrogens with zero attached hydrogens (tertiary/aromatic N) is 1. The average molecular weight is 362 g/mol. The fourth-order valence-electron chi connectivity index (χ4n) is 3.88. The smallest absolute Gasteiger partial charge is 0.243 e. The molecular formula is C16H22Cl2FN3O. The number of benzene rings is 1. The molecule has 0 aromatic heterocycles. The van der Waals surface area contributed by atoms with E-state index in [1.54, 1.807) is 12.1 Å². The lowest BCUT2D eigenvalue weighted by Gasteiger charge is -2.30. The number of likely N-dealkylation sites (tertiary alicyclic amines) is 1. The summed E-state index contributed by atoms with van der Waals surface area (Å²) in [5.74, 6) is 0.608. The molecule has 7 heteroatoms. The van der Waals surface area contributed by atoms with Crippen molar-refractivity contribution in [1.82, 2.24) is 10.2 Å². The first kappa shape index (κ1) is 18.5. The lowest BCUT2D eigenvalue weighted by atomic mass is 9.89. The van der Waals surface area contributed by atoms with Crippen molar-refractivity contribution in [2.45, 2.75) is 24.4 Å². The van der Waals surface area contributed by atoms with Crippen LogP contribution in [-0.2, 0) is 4.79 Å². The van der Waals surface area contributed by atoms with Crippen molar-refractivity contribution in [3.8, 4) is 0 Å². The summed E-state index contributed by atoms with van der Waals surface area (Å²) in [5, 5.41) is 3.39. The van der Waals surface area contributed by atoms with E-state index >= 15 is 0 Å². The molecule has 0 spiro atoms. The predicted molar refractivity (Wildman–Crippen MR) is 91.4 cm³/mol. The van der Waals surface area contributed by atoms with Gasteiger partial charge in [-0.1, -0.05) is 12.1 Å². The van der Waals surface area contributed by atoms with Crippen LogP contribution in [0.5, 0.6) is 0 Å². The molecule has 1 aliphatic carbocycles. The Labute approximate surface area is 147 Å². The summed E-state index contributed by atoms with van der Waals surface area (Å²) in [4.78, 5) is 14.6. The van der Waals surface area contributed by atoms with Gasteiger partial charge in [0.1, 0.15) is 5.82 Å². The lowest BCUT2D eigenvalue weighted by Crippen LogP contribution is -2.46. The molecular weight excluding hydrogens is 340 g/mol. The number of hydrogen-bond donors (Lipinski definition) is 2. The molecule has 1 saturated carbocycles. The molecule has 3 atom stereocenters. The van der Waals surface area contributed by atoms with E-state index in [1.165, 1.54) is 6.07 Å². The Kier molecular flexibility index (Phi) is 5.26. The van der Waals surface area contributed by atoms with Gasteiger partial charge < -0.3 is 16.0 Å². The maximum absolute atomic E-state index is 13.6. The van der Waals surface area contributed by atoms with E-state index in [4.69, 9.17) is 5.73 Å². The molecule has 1 aromatic rings. The Hall–Kier alpha value is -0.880. The SMILES string of the molecule is Cl.Cl.NC1(C(=O)N2C[C@@H]3CNC[C@@H]3[C@H]2c2cccc(F)c2)CC1. The summed E-state index contributed by atoms with van der Waals surface area (Å²) in [7, 11) is 0. The largest absolute Gasteiger partial charge is 0.333 e. The third-order valence-corrected chi connectivity index (χ3v) is 5.23. The van der Waals surface area contributed by atoms with Gasteiger partial charge in [0.05, 0.1) is 11.6 Å². The van der Waals surface area contributed by atoms with Gasteiger partial charge in [0.15, 0.2) is 0 Å². The molecule has 2 aliphatic heterocycles. The van der Waals surface area contributed by atoms with E-state index in [0.717, 1.165) is 38.0 Å². The van der Waals surface area contributed by atoms with Crippen LogP contribution < -0.4 is 11.1 Å². The summed E-state index contributed by atoms with van der Waals surface area (Å²) in [6, 6.07) is 6.60. The number of amides is 1. The molecule has 4 nitrogen and oxygen atoms in total. The Morgan fingerprint density at radius 3 is 2.70 bits per heavy atom. The zero-order valence-electron chi connectivity index (χ0n) is 12.7. The third kappa shape index (κ3) is 3.07. The topological polar surface area (TPSA) is 58.4 Å². The number of rotatable bonds is 2. The molecule has 3 aliphatic rings. The minimum Gasteiger partial charge on any atom is -0.333 e. The summed E-state index contributed by atoms with van der Waals surface area (Å²) in [6.45, 7) is 2.54. The monoisotopic (exact) mass is 361 g/mol. The predicted octanol–water partition coefficient (Wildman–Crippen LogP) is 1.88. The minimum atomic E-state index is -0.655. The highest BCUT2D eigenvalue weighted by Crippen LogP contribution is 2.46. The van der Waals surface area contributed by atoms with Gasteiger partial charge in [-0.15, -0.1) is 24.8 Å². The highest BCUT2D eigenvalue weighted by atomic mass is 35.5. The molecule has 2 heterocycles. The van der Waals surface area contributed by atoms with Crippen LogP contribution in [0, 0.1) is 17.7 Å². The van der Waals surface area contributed by atoms with Gasteiger partial charge in [-0.05, 0) is 36.5 Å². The number of nitrogens with one attached hydrogen (secondary N) is 1. The maximum atomic E-state index is 13.6. The Bertz CT molecular complexity index is 596.